The average molecular weight is 312 g/mol. The van der Waals surface area contributed by atoms with Crippen LogP contribution in [0.1, 0.15) is 35.9 Å². The summed E-state index contributed by atoms with van der Waals surface area (Å²) in [6, 6.07) is 16.2. The predicted molar refractivity (Wildman–Crippen MR) is 88.2 cm³/mol. The minimum Gasteiger partial charge on any atom is -0.356 e. The Balaban J connectivity index is 1.88. The van der Waals surface area contributed by atoms with Gasteiger partial charge in [0.1, 0.15) is 5.82 Å². The molecule has 3 rings (SSSR count). The van der Waals surface area contributed by atoms with Crippen molar-refractivity contribution >= 4 is 5.91 Å². The maximum Gasteiger partial charge on any atom is 0.220 e. The van der Waals surface area contributed by atoms with Crippen molar-refractivity contribution in [2.24, 2.45) is 11.7 Å². The molecule has 3 N–H and O–H groups in total. The van der Waals surface area contributed by atoms with Gasteiger partial charge in [-0.15, -0.1) is 0 Å². The molecule has 2 unspecified atom stereocenters. The van der Waals surface area contributed by atoms with Crippen molar-refractivity contribution in [2.45, 2.75) is 24.8 Å². The molecule has 4 heteroatoms. The largest absolute Gasteiger partial charge is 0.356 e. The molecule has 0 spiro atoms. The highest BCUT2D eigenvalue weighted by atomic mass is 19.1. The lowest BCUT2D eigenvalue weighted by Crippen LogP contribution is -2.24. The van der Waals surface area contributed by atoms with Gasteiger partial charge in [-0.2, -0.15) is 0 Å². The summed E-state index contributed by atoms with van der Waals surface area (Å²) >= 11 is 0. The zero-order valence-electron chi connectivity index (χ0n) is 12.9. The van der Waals surface area contributed by atoms with E-state index in [2.05, 4.69) is 5.32 Å². The lowest BCUT2D eigenvalue weighted by molar-refractivity contribution is -0.119. The number of hydrogen-bond acceptors (Lipinski definition) is 2. The van der Waals surface area contributed by atoms with Crippen LogP contribution in [0.25, 0.3) is 0 Å². The molecule has 2 aromatic rings. The zero-order valence-corrected chi connectivity index (χ0v) is 12.9. The van der Waals surface area contributed by atoms with Gasteiger partial charge in [-0.1, -0.05) is 48.5 Å². The van der Waals surface area contributed by atoms with Gasteiger partial charge in [0, 0.05) is 30.5 Å². The molecule has 3 nitrogen and oxygen atoms in total. The molecule has 0 bridgehead atoms. The summed E-state index contributed by atoms with van der Waals surface area (Å²) in [5.74, 6) is 0.0270. The van der Waals surface area contributed by atoms with Gasteiger partial charge in [0.05, 0.1) is 0 Å². The number of nitrogens with two attached hydrogens (primary N) is 1. The van der Waals surface area contributed by atoms with Crippen LogP contribution in [-0.2, 0) is 4.79 Å². The van der Waals surface area contributed by atoms with Crippen LogP contribution in [0.5, 0.6) is 0 Å². The Labute approximate surface area is 135 Å². The van der Waals surface area contributed by atoms with Gasteiger partial charge in [-0.3, -0.25) is 4.79 Å². The Morgan fingerprint density at radius 3 is 2.48 bits per heavy atom. The van der Waals surface area contributed by atoms with E-state index >= 15 is 0 Å². The van der Waals surface area contributed by atoms with E-state index in [1.165, 1.54) is 6.07 Å². The monoisotopic (exact) mass is 312 g/mol. The van der Waals surface area contributed by atoms with E-state index in [1.807, 2.05) is 30.3 Å². The maximum atomic E-state index is 14.1. The number of benzene rings is 2. The highest BCUT2D eigenvalue weighted by Gasteiger charge is 2.30. The van der Waals surface area contributed by atoms with Crippen molar-refractivity contribution in [3.8, 4) is 0 Å². The van der Waals surface area contributed by atoms with E-state index in [0.717, 1.165) is 12.0 Å². The number of carbonyl (C=O) groups excluding carboxylic acids is 1. The SMILES string of the molecule is NC(c1ccccc1F)[C@@H](CC1CNC(=O)C1)c1ccccc1. The van der Waals surface area contributed by atoms with E-state index < -0.39 is 6.04 Å². The molecule has 0 radical (unpaired) electrons. The number of carbonyl (C=O) groups is 1. The molecule has 1 heterocycles. The number of nitrogens with one attached hydrogen (secondary N) is 1. The van der Waals surface area contributed by atoms with Crippen LogP contribution in [0.15, 0.2) is 54.6 Å². The molecule has 2 aromatic carbocycles. The molecule has 1 aliphatic rings. The molecule has 1 amide bonds. The lowest BCUT2D eigenvalue weighted by atomic mass is 9.80. The number of rotatable bonds is 5. The fourth-order valence-corrected chi connectivity index (χ4v) is 3.34. The first kappa shape index (κ1) is 15.7. The summed E-state index contributed by atoms with van der Waals surface area (Å²) in [7, 11) is 0. The summed E-state index contributed by atoms with van der Waals surface area (Å²) in [6.07, 6.45) is 1.28. The van der Waals surface area contributed by atoms with E-state index in [0.29, 0.717) is 18.5 Å². The summed E-state index contributed by atoms with van der Waals surface area (Å²) in [5.41, 5.74) is 8.05. The highest BCUT2D eigenvalue weighted by Crippen LogP contribution is 2.36. The molecule has 0 aromatic heterocycles. The predicted octanol–water partition coefficient (Wildman–Crippen LogP) is 3.14. The van der Waals surface area contributed by atoms with Crippen LogP contribution in [0.4, 0.5) is 4.39 Å². The molecular weight excluding hydrogens is 291 g/mol. The van der Waals surface area contributed by atoms with Crippen molar-refractivity contribution in [3.05, 3.63) is 71.5 Å². The van der Waals surface area contributed by atoms with Gasteiger partial charge in [-0.05, 0) is 24.0 Å². The average Bonchev–Trinajstić information content (AvgIpc) is 2.98. The number of hydrogen-bond donors (Lipinski definition) is 2. The van der Waals surface area contributed by atoms with E-state index in [1.54, 1.807) is 18.2 Å². The van der Waals surface area contributed by atoms with Crippen molar-refractivity contribution in [2.75, 3.05) is 6.54 Å². The fourth-order valence-electron chi connectivity index (χ4n) is 3.34. The molecule has 0 saturated carbocycles. The van der Waals surface area contributed by atoms with Crippen LogP contribution in [-0.4, -0.2) is 12.5 Å². The van der Waals surface area contributed by atoms with Gasteiger partial charge < -0.3 is 11.1 Å². The van der Waals surface area contributed by atoms with Gasteiger partial charge in [0.15, 0.2) is 0 Å². The lowest BCUT2D eigenvalue weighted by Gasteiger charge is -2.27. The second-order valence-corrected chi connectivity index (χ2v) is 6.17. The van der Waals surface area contributed by atoms with Crippen LogP contribution >= 0.6 is 0 Å². The van der Waals surface area contributed by atoms with Crippen molar-refractivity contribution < 1.29 is 9.18 Å². The van der Waals surface area contributed by atoms with Gasteiger partial charge in [-0.25, -0.2) is 4.39 Å². The van der Waals surface area contributed by atoms with E-state index in [4.69, 9.17) is 5.73 Å². The summed E-state index contributed by atoms with van der Waals surface area (Å²) < 4.78 is 14.1. The Bertz CT molecular complexity index is 674. The third-order valence-electron chi connectivity index (χ3n) is 4.57. The molecule has 1 fully saturated rings. The van der Waals surface area contributed by atoms with Crippen molar-refractivity contribution in [1.29, 1.82) is 0 Å². The summed E-state index contributed by atoms with van der Waals surface area (Å²) in [4.78, 5) is 11.5. The third-order valence-corrected chi connectivity index (χ3v) is 4.57. The topological polar surface area (TPSA) is 55.1 Å². The first-order valence-electron chi connectivity index (χ1n) is 7.97. The van der Waals surface area contributed by atoms with Gasteiger partial charge in [0.2, 0.25) is 5.91 Å². The molecule has 3 atom stereocenters. The van der Waals surface area contributed by atoms with Gasteiger partial charge in [0.25, 0.3) is 0 Å². The molecular formula is C19H21FN2O. The molecule has 0 aliphatic carbocycles. The standard InChI is InChI=1S/C19H21FN2O/c20-17-9-5-4-8-15(17)19(21)16(14-6-2-1-3-7-14)10-13-11-18(23)22-12-13/h1-9,13,16,19H,10-12,21H2,(H,22,23)/t13?,16-,19?/m0/s1. The van der Waals surface area contributed by atoms with Crippen LogP contribution < -0.4 is 11.1 Å². The van der Waals surface area contributed by atoms with Crippen LogP contribution in [0, 0.1) is 11.7 Å². The normalized spacial score (nSPS) is 20.1. The van der Waals surface area contributed by atoms with Crippen LogP contribution in [0.2, 0.25) is 0 Å². The minimum atomic E-state index is -0.436. The first-order valence-corrected chi connectivity index (χ1v) is 7.97. The second kappa shape index (κ2) is 6.92. The smallest absolute Gasteiger partial charge is 0.220 e. The van der Waals surface area contributed by atoms with E-state index in [9.17, 15) is 9.18 Å². The number of halogens is 1. The van der Waals surface area contributed by atoms with E-state index in [-0.39, 0.29) is 23.6 Å². The maximum absolute atomic E-state index is 14.1. The Hall–Kier alpha value is -2.20. The highest BCUT2D eigenvalue weighted by molar-refractivity contribution is 5.78. The third kappa shape index (κ3) is 3.59. The second-order valence-electron chi connectivity index (χ2n) is 6.17. The first-order chi connectivity index (χ1) is 11.1. The van der Waals surface area contributed by atoms with Crippen LogP contribution in [0.3, 0.4) is 0 Å². The minimum absolute atomic E-state index is 0.0224. The van der Waals surface area contributed by atoms with Crippen molar-refractivity contribution in [3.63, 3.8) is 0 Å². The number of amides is 1. The van der Waals surface area contributed by atoms with Crippen molar-refractivity contribution in [1.82, 2.24) is 5.32 Å². The zero-order chi connectivity index (χ0) is 16.2. The molecule has 23 heavy (non-hydrogen) atoms. The van der Waals surface area contributed by atoms with Gasteiger partial charge >= 0.3 is 0 Å². The Kier molecular flexibility index (Phi) is 4.72. The quantitative estimate of drug-likeness (QED) is 0.891. The summed E-state index contributed by atoms with van der Waals surface area (Å²) in [6.45, 7) is 0.673. The fraction of sp³-hybridized carbons (Fsp3) is 0.316. The Morgan fingerprint density at radius 1 is 1.13 bits per heavy atom. The molecule has 1 aliphatic heterocycles. The molecule has 120 valence electrons. The molecule has 1 saturated heterocycles. The Morgan fingerprint density at radius 2 is 1.83 bits per heavy atom. The summed E-state index contributed by atoms with van der Waals surface area (Å²) in [5, 5.41) is 2.86.